The Bertz CT molecular complexity index is 1020. The van der Waals surface area contributed by atoms with Crippen molar-refractivity contribution in [1.29, 1.82) is 0 Å². The standard InChI is InChI=1S/C27H25F3O/c1-3-26(4-2,22-15-17-23(18-16-22)27(28,29)30)19-9-11-21-10-8-14-25(20-21)31-24-12-6-5-7-13-24/h1,5-8,10,12-18,20H,4,9,11,19H2,2H3. The van der Waals surface area contributed by atoms with Crippen LogP contribution >= 0.6 is 0 Å². The fraction of sp³-hybridized carbons (Fsp3) is 0.259. The van der Waals surface area contributed by atoms with Crippen molar-refractivity contribution in [2.24, 2.45) is 0 Å². The summed E-state index contributed by atoms with van der Waals surface area (Å²) in [6.45, 7) is 1.98. The van der Waals surface area contributed by atoms with Crippen LogP contribution in [0.15, 0.2) is 78.9 Å². The van der Waals surface area contributed by atoms with Gasteiger partial charge in [-0.1, -0.05) is 55.3 Å². The molecule has 0 spiro atoms. The number of rotatable bonds is 8. The largest absolute Gasteiger partial charge is 0.457 e. The minimum Gasteiger partial charge on any atom is -0.457 e. The van der Waals surface area contributed by atoms with Crippen LogP contribution in [-0.2, 0) is 18.0 Å². The summed E-state index contributed by atoms with van der Waals surface area (Å²) in [7, 11) is 0. The molecule has 0 radical (unpaired) electrons. The molecule has 0 aliphatic heterocycles. The number of hydrogen-bond donors (Lipinski definition) is 0. The van der Waals surface area contributed by atoms with Crippen LogP contribution in [0, 0.1) is 12.3 Å². The lowest BCUT2D eigenvalue weighted by molar-refractivity contribution is -0.137. The van der Waals surface area contributed by atoms with Gasteiger partial charge in [0.05, 0.1) is 11.0 Å². The maximum absolute atomic E-state index is 12.9. The topological polar surface area (TPSA) is 9.23 Å². The second-order valence-electron chi connectivity index (χ2n) is 7.57. The van der Waals surface area contributed by atoms with Crippen LogP contribution in [0.25, 0.3) is 0 Å². The highest BCUT2D eigenvalue weighted by atomic mass is 19.4. The summed E-state index contributed by atoms with van der Waals surface area (Å²) >= 11 is 0. The third kappa shape index (κ3) is 5.70. The number of benzene rings is 3. The number of halogens is 3. The van der Waals surface area contributed by atoms with E-state index in [4.69, 9.17) is 11.2 Å². The van der Waals surface area contributed by atoms with Gasteiger partial charge in [-0.05, 0) is 73.2 Å². The average Bonchev–Trinajstić information content (AvgIpc) is 2.78. The number of alkyl halides is 3. The van der Waals surface area contributed by atoms with Gasteiger partial charge in [-0.15, -0.1) is 6.42 Å². The summed E-state index contributed by atoms with van der Waals surface area (Å²) in [5, 5.41) is 0. The average molecular weight is 422 g/mol. The zero-order chi connectivity index (χ0) is 22.3. The second kappa shape index (κ2) is 9.75. The third-order valence-electron chi connectivity index (χ3n) is 5.59. The SMILES string of the molecule is C#CC(CC)(CCCc1cccc(Oc2ccccc2)c1)c1ccc(C(F)(F)F)cc1. The Kier molecular flexibility index (Phi) is 7.07. The number of terminal acetylenes is 1. The maximum Gasteiger partial charge on any atom is 0.416 e. The molecule has 0 bridgehead atoms. The molecule has 0 amide bonds. The Morgan fingerprint density at radius 2 is 1.48 bits per heavy atom. The minimum atomic E-state index is -4.35. The lowest BCUT2D eigenvalue weighted by atomic mass is 9.74. The normalized spacial score (nSPS) is 13.3. The van der Waals surface area contributed by atoms with Crippen LogP contribution in [-0.4, -0.2) is 0 Å². The highest BCUT2D eigenvalue weighted by molar-refractivity contribution is 5.37. The maximum atomic E-state index is 12.9. The fourth-order valence-corrected chi connectivity index (χ4v) is 3.74. The van der Waals surface area contributed by atoms with Crippen LogP contribution < -0.4 is 4.74 Å². The van der Waals surface area contributed by atoms with E-state index in [1.54, 1.807) is 0 Å². The number of hydrogen-bond acceptors (Lipinski definition) is 1. The first kappa shape index (κ1) is 22.5. The van der Waals surface area contributed by atoms with E-state index >= 15 is 0 Å². The van der Waals surface area contributed by atoms with Crippen molar-refractivity contribution in [1.82, 2.24) is 0 Å². The zero-order valence-corrected chi connectivity index (χ0v) is 17.5. The molecular weight excluding hydrogens is 397 g/mol. The fourth-order valence-electron chi connectivity index (χ4n) is 3.74. The highest BCUT2D eigenvalue weighted by Gasteiger charge is 2.32. The molecule has 0 fully saturated rings. The molecule has 3 rings (SSSR count). The zero-order valence-electron chi connectivity index (χ0n) is 17.5. The first-order valence-corrected chi connectivity index (χ1v) is 10.3. The Labute approximate surface area is 181 Å². The van der Waals surface area contributed by atoms with Gasteiger partial charge in [0.25, 0.3) is 0 Å². The van der Waals surface area contributed by atoms with Gasteiger partial charge in [0.1, 0.15) is 11.5 Å². The number of ether oxygens (including phenoxy) is 1. The van der Waals surface area contributed by atoms with Crippen LogP contribution in [0.5, 0.6) is 11.5 Å². The quantitative estimate of drug-likeness (QED) is 0.337. The van der Waals surface area contributed by atoms with Crippen LogP contribution in [0.1, 0.15) is 42.9 Å². The number of aryl methyl sites for hydroxylation is 1. The van der Waals surface area contributed by atoms with E-state index in [1.807, 2.05) is 61.5 Å². The molecule has 31 heavy (non-hydrogen) atoms. The van der Waals surface area contributed by atoms with Crippen molar-refractivity contribution >= 4 is 0 Å². The lowest BCUT2D eigenvalue weighted by Gasteiger charge is -2.28. The molecule has 1 unspecified atom stereocenters. The first-order valence-electron chi connectivity index (χ1n) is 10.3. The van der Waals surface area contributed by atoms with Crippen molar-refractivity contribution in [3.63, 3.8) is 0 Å². The van der Waals surface area contributed by atoms with Crippen molar-refractivity contribution in [3.05, 3.63) is 95.6 Å². The smallest absolute Gasteiger partial charge is 0.416 e. The Hall–Kier alpha value is -3.19. The van der Waals surface area contributed by atoms with Crippen LogP contribution in [0.3, 0.4) is 0 Å². The lowest BCUT2D eigenvalue weighted by Crippen LogP contribution is -2.23. The third-order valence-corrected chi connectivity index (χ3v) is 5.59. The van der Waals surface area contributed by atoms with Gasteiger partial charge in [-0.2, -0.15) is 13.2 Å². The van der Waals surface area contributed by atoms with E-state index in [1.165, 1.54) is 12.1 Å². The van der Waals surface area contributed by atoms with Gasteiger partial charge in [0.15, 0.2) is 0 Å². The van der Waals surface area contributed by atoms with E-state index in [-0.39, 0.29) is 0 Å². The molecule has 0 heterocycles. The van der Waals surface area contributed by atoms with Crippen molar-refractivity contribution in [2.45, 2.75) is 44.2 Å². The predicted molar refractivity (Wildman–Crippen MR) is 118 cm³/mol. The molecule has 3 aromatic rings. The van der Waals surface area contributed by atoms with E-state index < -0.39 is 17.2 Å². The summed E-state index contributed by atoms with van der Waals surface area (Å²) < 4.78 is 44.6. The molecule has 3 aromatic carbocycles. The van der Waals surface area contributed by atoms with Gasteiger partial charge in [-0.3, -0.25) is 0 Å². The summed E-state index contributed by atoms with van der Waals surface area (Å²) in [4.78, 5) is 0. The molecule has 0 aliphatic rings. The molecule has 0 N–H and O–H groups in total. The Morgan fingerprint density at radius 3 is 2.10 bits per heavy atom. The van der Waals surface area contributed by atoms with Gasteiger partial charge in [-0.25, -0.2) is 0 Å². The summed E-state index contributed by atoms with van der Waals surface area (Å²) in [6, 6.07) is 22.8. The summed E-state index contributed by atoms with van der Waals surface area (Å²) in [5.41, 5.74) is 0.644. The molecule has 1 nitrogen and oxygen atoms in total. The van der Waals surface area contributed by atoms with Crippen molar-refractivity contribution in [2.75, 3.05) is 0 Å². The second-order valence-corrected chi connectivity index (χ2v) is 7.57. The molecule has 0 aromatic heterocycles. The molecule has 0 saturated heterocycles. The summed E-state index contributed by atoms with van der Waals surface area (Å²) in [5.74, 6) is 4.41. The molecular formula is C27H25F3O. The van der Waals surface area contributed by atoms with Crippen molar-refractivity contribution in [3.8, 4) is 23.8 Å². The first-order chi connectivity index (χ1) is 14.9. The number of para-hydroxylation sites is 1. The Balaban J connectivity index is 1.67. The van der Waals surface area contributed by atoms with Gasteiger partial charge in [0.2, 0.25) is 0 Å². The molecule has 0 aliphatic carbocycles. The summed E-state index contributed by atoms with van der Waals surface area (Å²) in [6.07, 6.45) is 4.48. The molecule has 0 saturated carbocycles. The monoisotopic (exact) mass is 422 g/mol. The van der Waals surface area contributed by atoms with Crippen LogP contribution in [0.2, 0.25) is 0 Å². The van der Waals surface area contributed by atoms with Gasteiger partial charge >= 0.3 is 6.18 Å². The highest BCUT2D eigenvalue weighted by Crippen LogP contribution is 2.36. The van der Waals surface area contributed by atoms with Crippen LogP contribution in [0.4, 0.5) is 13.2 Å². The molecule has 1 atom stereocenters. The van der Waals surface area contributed by atoms with Gasteiger partial charge in [0, 0.05) is 0 Å². The Morgan fingerprint density at radius 1 is 0.839 bits per heavy atom. The molecule has 160 valence electrons. The predicted octanol–water partition coefficient (Wildman–Crippen LogP) is 7.80. The van der Waals surface area contributed by atoms with Gasteiger partial charge < -0.3 is 4.74 Å². The van der Waals surface area contributed by atoms with Crippen molar-refractivity contribution < 1.29 is 17.9 Å². The minimum absolute atomic E-state index is 0.581. The molecule has 4 heteroatoms. The van der Waals surface area contributed by atoms with E-state index in [0.717, 1.165) is 47.6 Å². The van der Waals surface area contributed by atoms with E-state index in [0.29, 0.717) is 12.8 Å². The van der Waals surface area contributed by atoms with E-state index in [9.17, 15) is 13.2 Å². The van der Waals surface area contributed by atoms with E-state index in [2.05, 4.69) is 5.92 Å².